The second-order valence-corrected chi connectivity index (χ2v) is 9.74. The molecule has 0 bridgehead atoms. The number of thioether (sulfide) groups is 1. The maximum absolute atomic E-state index is 13.0. The Hall–Kier alpha value is -3.65. The summed E-state index contributed by atoms with van der Waals surface area (Å²) < 4.78 is 5.39. The number of carbonyl (C=O) groups excluding carboxylic acids is 3. The summed E-state index contributed by atoms with van der Waals surface area (Å²) in [6.45, 7) is 0.925. The number of nitrogens with zero attached hydrogens (tertiary/aromatic N) is 3. The minimum atomic E-state index is -0.625. The number of hydrogen-bond acceptors (Lipinski definition) is 6. The van der Waals surface area contributed by atoms with E-state index in [0.717, 1.165) is 42.6 Å². The number of pyridine rings is 1. The number of benzene rings is 2. The summed E-state index contributed by atoms with van der Waals surface area (Å²) in [5, 5.41) is 0.414. The number of aromatic nitrogens is 1. The molecule has 0 aliphatic carbocycles. The molecular formula is C28H27N3O4S. The molecule has 2 aliphatic heterocycles. The molecule has 0 radical (unpaired) electrons. The molecule has 0 spiro atoms. The van der Waals surface area contributed by atoms with Crippen LogP contribution in [0.15, 0.2) is 71.9 Å². The van der Waals surface area contributed by atoms with E-state index in [9.17, 15) is 14.4 Å². The van der Waals surface area contributed by atoms with Crippen molar-refractivity contribution in [1.29, 1.82) is 0 Å². The third-order valence-electron chi connectivity index (χ3n) is 6.47. The number of rotatable bonds is 6. The van der Waals surface area contributed by atoms with Crippen LogP contribution in [0.1, 0.15) is 34.3 Å². The lowest BCUT2D eigenvalue weighted by atomic mass is 10.0. The van der Waals surface area contributed by atoms with Gasteiger partial charge in [-0.3, -0.25) is 9.59 Å². The Kier molecular flexibility index (Phi) is 7.32. The molecule has 184 valence electrons. The molecule has 3 heterocycles. The fraction of sp³-hybridized carbons (Fsp3) is 0.286. The number of ether oxygens (including phenoxy) is 1. The van der Waals surface area contributed by atoms with E-state index in [1.165, 1.54) is 17.3 Å². The van der Waals surface area contributed by atoms with E-state index in [-0.39, 0.29) is 29.7 Å². The van der Waals surface area contributed by atoms with Crippen molar-refractivity contribution in [3.8, 4) is 0 Å². The van der Waals surface area contributed by atoms with Gasteiger partial charge in [-0.1, -0.05) is 48.2 Å². The van der Waals surface area contributed by atoms with Crippen LogP contribution in [0, 0.1) is 0 Å². The van der Waals surface area contributed by atoms with Crippen molar-refractivity contribution in [3.05, 3.63) is 83.6 Å². The number of anilines is 2. The SMILES string of the molecule is O=C(OCC(=O)N1CCCc2ccccc21)c1cccnc1SCC(=O)N1CCCc2ccccc21. The van der Waals surface area contributed by atoms with Crippen molar-refractivity contribution in [2.45, 2.75) is 30.7 Å². The van der Waals surface area contributed by atoms with Gasteiger partial charge in [0.1, 0.15) is 5.03 Å². The molecule has 0 unspecified atom stereocenters. The number of hydrogen-bond donors (Lipinski definition) is 0. The van der Waals surface area contributed by atoms with Gasteiger partial charge in [-0.2, -0.15) is 0 Å². The molecule has 2 amide bonds. The van der Waals surface area contributed by atoms with Crippen LogP contribution < -0.4 is 9.80 Å². The van der Waals surface area contributed by atoms with Crippen LogP contribution in [0.4, 0.5) is 11.4 Å². The smallest absolute Gasteiger partial charge is 0.341 e. The second-order valence-electron chi connectivity index (χ2n) is 8.78. The van der Waals surface area contributed by atoms with Crippen molar-refractivity contribution >= 4 is 40.9 Å². The number of esters is 1. The van der Waals surface area contributed by atoms with Gasteiger partial charge in [0.15, 0.2) is 6.61 Å². The first kappa shape index (κ1) is 24.1. The van der Waals surface area contributed by atoms with Crippen molar-refractivity contribution in [3.63, 3.8) is 0 Å². The van der Waals surface area contributed by atoms with Crippen molar-refractivity contribution in [2.75, 3.05) is 35.2 Å². The van der Waals surface area contributed by atoms with Gasteiger partial charge in [0, 0.05) is 30.7 Å². The third kappa shape index (κ3) is 5.14. The molecule has 0 atom stereocenters. The molecule has 0 fully saturated rings. The van der Waals surface area contributed by atoms with Crippen LogP contribution in [0.3, 0.4) is 0 Å². The Morgan fingerprint density at radius 2 is 1.42 bits per heavy atom. The lowest BCUT2D eigenvalue weighted by Gasteiger charge is -2.29. The minimum Gasteiger partial charge on any atom is -0.452 e. The Morgan fingerprint density at radius 3 is 2.08 bits per heavy atom. The first-order valence-corrected chi connectivity index (χ1v) is 13.1. The maximum atomic E-state index is 13.0. The summed E-state index contributed by atoms with van der Waals surface area (Å²) in [6.07, 6.45) is 5.26. The summed E-state index contributed by atoms with van der Waals surface area (Å²) >= 11 is 1.21. The van der Waals surface area contributed by atoms with Crippen molar-refractivity contribution in [2.24, 2.45) is 0 Å². The first-order chi connectivity index (χ1) is 17.6. The first-order valence-electron chi connectivity index (χ1n) is 12.1. The van der Waals surface area contributed by atoms with Crippen LogP contribution >= 0.6 is 11.8 Å². The highest BCUT2D eigenvalue weighted by Crippen LogP contribution is 2.29. The molecule has 5 rings (SSSR count). The zero-order valence-corrected chi connectivity index (χ0v) is 20.7. The molecule has 36 heavy (non-hydrogen) atoms. The average Bonchev–Trinajstić information content (AvgIpc) is 2.94. The zero-order chi connectivity index (χ0) is 24.9. The van der Waals surface area contributed by atoms with E-state index in [1.807, 2.05) is 47.4 Å². The van der Waals surface area contributed by atoms with Gasteiger partial charge in [0.25, 0.3) is 5.91 Å². The number of para-hydroxylation sites is 2. The monoisotopic (exact) mass is 501 g/mol. The summed E-state index contributed by atoms with van der Waals surface area (Å²) in [6, 6.07) is 19.0. The van der Waals surface area contributed by atoms with Crippen LogP contribution in [-0.4, -0.2) is 48.2 Å². The molecule has 0 saturated carbocycles. The van der Waals surface area contributed by atoms with E-state index < -0.39 is 5.97 Å². The Balaban J connectivity index is 1.21. The van der Waals surface area contributed by atoms with Crippen molar-refractivity contribution in [1.82, 2.24) is 4.98 Å². The quantitative estimate of drug-likeness (QED) is 0.370. The highest BCUT2D eigenvalue weighted by atomic mass is 32.2. The second kappa shape index (κ2) is 11.0. The van der Waals surface area contributed by atoms with Gasteiger partial charge < -0.3 is 14.5 Å². The molecule has 8 heteroatoms. The number of amides is 2. The van der Waals surface area contributed by atoms with Crippen molar-refractivity contribution < 1.29 is 19.1 Å². The van der Waals surface area contributed by atoms with E-state index >= 15 is 0 Å². The molecule has 0 saturated heterocycles. The van der Waals surface area contributed by atoms with E-state index in [2.05, 4.69) is 11.1 Å². The summed E-state index contributed by atoms with van der Waals surface area (Å²) in [7, 11) is 0. The Bertz CT molecular complexity index is 1300. The van der Waals surface area contributed by atoms with Crippen LogP contribution in [0.25, 0.3) is 0 Å². The Morgan fingerprint density at radius 1 is 0.806 bits per heavy atom. The predicted molar refractivity (Wildman–Crippen MR) is 139 cm³/mol. The lowest BCUT2D eigenvalue weighted by molar-refractivity contribution is -0.121. The third-order valence-corrected chi connectivity index (χ3v) is 7.46. The predicted octanol–water partition coefficient (Wildman–Crippen LogP) is 4.29. The van der Waals surface area contributed by atoms with Gasteiger partial charge in [0.05, 0.1) is 11.3 Å². The Labute approximate surface area is 214 Å². The summed E-state index contributed by atoms with van der Waals surface area (Å²) in [5.74, 6) is -0.765. The average molecular weight is 502 g/mol. The molecule has 0 N–H and O–H groups in total. The minimum absolute atomic E-state index is 0.0314. The zero-order valence-electron chi connectivity index (χ0n) is 19.9. The fourth-order valence-electron chi connectivity index (χ4n) is 4.74. The number of aryl methyl sites for hydroxylation is 2. The normalized spacial score (nSPS) is 14.6. The number of carbonyl (C=O) groups is 3. The molecule has 1 aromatic heterocycles. The van der Waals surface area contributed by atoms with E-state index in [1.54, 1.807) is 23.2 Å². The van der Waals surface area contributed by atoms with Gasteiger partial charge in [-0.25, -0.2) is 9.78 Å². The largest absolute Gasteiger partial charge is 0.452 e. The van der Waals surface area contributed by atoms with Crippen LogP contribution in [0.5, 0.6) is 0 Å². The summed E-state index contributed by atoms with van der Waals surface area (Å²) in [5.41, 5.74) is 4.37. The molecular weight excluding hydrogens is 474 g/mol. The molecule has 2 aromatic carbocycles. The number of fused-ring (bicyclic) bond motifs is 2. The van der Waals surface area contributed by atoms with Gasteiger partial charge in [0.2, 0.25) is 5.91 Å². The van der Waals surface area contributed by atoms with E-state index in [0.29, 0.717) is 18.1 Å². The molecule has 7 nitrogen and oxygen atoms in total. The maximum Gasteiger partial charge on any atom is 0.341 e. The standard InChI is InChI=1S/C28H27N3O4S/c32-25(30-16-6-10-20-8-1-3-13-23(20)30)18-35-28(34)22-12-5-15-29-27(22)36-19-26(33)31-17-7-11-21-9-2-4-14-24(21)31/h1-5,8-9,12-15H,6-7,10-11,16-19H2. The van der Waals surface area contributed by atoms with Gasteiger partial charge in [-0.05, 0) is 61.1 Å². The van der Waals surface area contributed by atoms with Gasteiger partial charge in [-0.15, -0.1) is 0 Å². The fourth-order valence-corrected chi connectivity index (χ4v) is 5.60. The molecule has 2 aliphatic rings. The summed E-state index contributed by atoms with van der Waals surface area (Å²) in [4.78, 5) is 46.5. The highest BCUT2D eigenvalue weighted by Gasteiger charge is 2.25. The molecule has 3 aromatic rings. The highest BCUT2D eigenvalue weighted by molar-refractivity contribution is 8.00. The topological polar surface area (TPSA) is 79.8 Å². The lowest BCUT2D eigenvalue weighted by Crippen LogP contribution is -2.38. The van der Waals surface area contributed by atoms with Crippen LogP contribution in [0.2, 0.25) is 0 Å². The van der Waals surface area contributed by atoms with Crippen LogP contribution in [-0.2, 0) is 27.2 Å². The van der Waals surface area contributed by atoms with E-state index in [4.69, 9.17) is 4.74 Å². The van der Waals surface area contributed by atoms with Gasteiger partial charge >= 0.3 is 5.97 Å².